The van der Waals surface area contributed by atoms with Crippen LogP contribution in [0.4, 0.5) is 0 Å². The molecule has 1 amide bonds. The summed E-state index contributed by atoms with van der Waals surface area (Å²) in [5, 5.41) is 4.39. The molecule has 5 nitrogen and oxygen atoms in total. The monoisotopic (exact) mass is 334 g/mol. The van der Waals surface area contributed by atoms with Crippen molar-refractivity contribution in [1.82, 2.24) is 14.7 Å². The lowest BCUT2D eigenvalue weighted by Crippen LogP contribution is -2.47. The lowest BCUT2D eigenvalue weighted by Gasteiger charge is -2.35. The number of aromatic nitrogens is 2. The largest absolute Gasteiger partial charge is 0.334 e. The highest BCUT2D eigenvalue weighted by molar-refractivity contribution is 5.95. The van der Waals surface area contributed by atoms with Gasteiger partial charge in [0.1, 0.15) is 0 Å². The average Bonchev–Trinajstić information content (AvgIpc) is 2.96. The summed E-state index contributed by atoms with van der Waals surface area (Å²) in [6.07, 6.45) is 4.86. The van der Waals surface area contributed by atoms with Gasteiger partial charge in [-0.2, -0.15) is 5.10 Å². The summed E-state index contributed by atoms with van der Waals surface area (Å²) in [5.74, 6) is 0.0508. The summed E-state index contributed by atoms with van der Waals surface area (Å²) >= 11 is 0. The van der Waals surface area contributed by atoms with Gasteiger partial charge in [0.15, 0.2) is 0 Å². The fourth-order valence-electron chi connectivity index (χ4n) is 3.12. The third-order valence-electron chi connectivity index (χ3n) is 4.40. The van der Waals surface area contributed by atoms with Crippen molar-refractivity contribution in [3.63, 3.8) is 0 Å². The van der Waals surface area contributed by atoms with E-state index < -0.39 is 0 Å². The number of halogens is 1. The van der Waals surface area contributed by atoms with Gasteiger partial charge in [0.25, 0.3) is 5.91 Å². The number of nitrogens with zero attached hydrogens (tertiary/aromatic N) is 3. The molecule has 1 aromatic carbocycles. The van der Waals surface area contributed by atoms with Gasteiger partial charge in [0.2, 0.25) is 0 Å². The minimum Gasteiger partial charge on any atom is -0.334 e. The molecule has 0 aliphatic carbocycles. The quantitative estimate of drug-likeness (QED) is 0.938. The van der Waals surface area contributed by atoms with Crippen molar-refractivity contribution in [1.29, 1.82) is 0 Å². The van der Waals surface area contributed by atoms with E-state index >= 15 is 0 Å². The number of hydrogen-bond donors (Lipinski definition) is 1. The maximum atomic E-state index is 12.9. The second kappa shape index (κ2) is 7.62. The van der Waals surface area contributed by atoms with E-state index in [-0.39, 0.29) is 24.4 Å². The van der Waals surface area contributed by atoms with Crippen LogP contribution in [0.25, 0.3) is 5.69 Å². The molecule has 6 heteroatoms. The molecule has 1 aromatic heterocycles. The molecule has 1 atom stereocenters. The number of rotatable bonds is 3. The second-order valence-corrected chi connectivity index (χ2v) is 5.77. The van der Waals surface area contributed by atoms with E-state index in [1.54, 1.807) is 6.20 Å². The Bertz CT molecular complexity index is 656. The number of nitrogens with two attached hydrogens (primary N) is 1. The van der Waals surface area contributed by atoms with Crippen molar-refractivity contribution >= 4 is 18.3 Å². The molecule has 1 unspecified atom stereocenters. The fraction of sp³-hybridized carbons (Fsp3) is 0.412. The number of carbonyl (C=O) groups excluding carboxylic acids is 1. The van der Waals surface area contributed by atoms with Crippen LogP contribution in [0.1, 0.15) is 35.3 Å². The SMILES string of the molecule is Cc1c(C(=O)N2CCCCC2CN)cnn1-c1ccccc1.Cl. The Hall–Kier alpha value is -1.85. The number of benzene rings is 1. The van der Waals surface area contributed by atoms with Crippen LogP contribution in [0.5, 0.6) is 0 Å². The standard InChI is InChI=1S/C17H22N4O.ClH/c1-13-16(12-19-21(13)14-7-3-2-4-8-14)17(22)20-10-6-5-9-15(20)11-18;/h2-4,7-8,12,15H,5-6,9-11,18H2,1H3;1H. The summed E-state index contributed by atoms with van der Waals surface area (Å²) in [6, 6.07) is 10.0. The molecule has 2 aromatic rings. The Balaban J connectivity index is 0.00000192. The predicted molar refractivity (Wildman–Crippen MR) is 93.3 cm³/mol. The molecule has 23 heavy (non-hydrogen) atoms. The van der Waals surface area contributed by atoms with Crippen molar-refractivity contribution in [2.24, 2.45) is 5.73 Å². The molecule has 3 rings (SSSR count). The normalized spacial score (nSPS) is 17.7. The molecule has 1 aliphatic rings. The minimum absolute atomic E-state index is 0. The molecule has 1 fully saturated rings. The summed E-state index contributed by atoms with van der Waals surface area (Å²) < 4.78 is 1.81. The lowest BCUT2D eigenvalue weighted by molar-refractivity contribution is 0.0622. The molecular formula is C17H23ClN4O. The highest BCUT2D eigenvalue weighted by atomic mass is 35.5. The third kappa shape index (κ3) is 3.41. The van der Waals surface area contributed by atoms with Crippen molar-refractivity contribution < 1.29 is 4.79 Å². The highest BCUT2D eigenvalue weighted by Crippen LogP contribution is 2.21. The topological polar surface area (TPSA) is 64.2 Å². The second-order valence-electron chi connectivity index (χ2n) is 5.77. The molecule has 0 spiro atoms. The minimum atomic E-state index is 0. The zero-order valence-corrected chi connectivity index (χ0v) is 14.1. The molecule has 0 saturated carbocycles. The first kappa shape index (κ1) is 17.5. The van der Waals surface area contributed by atoms with Gasteiger partial charge >= 0.3 is 0 Å². The van der Waals surface area contributed by atoms with E-state index in [9.17, 15) is 4.79 Å². The van der Waals surface area contributed by atoms with Crippen LogP contribution >= 0.6 is 12.4 Å². The average molecular weight is 335 g/mol. The predicted octanol–water partition coefficient (Wildman–Crippen LogP) is 2.56. The Kier molecular flexibility index (Phi) is 5.80. The number of carbonyl (C=O) groups is 1. The first-order valence-electron chi connectivity index (χ1n) is 7.83. The maximum absolute atomic E-state index is 12.9. The number of hydrogen-bond acceptors (Lipinski definition) is 3. The van der Waals surface area contributed by atoms with Gasteiger partial charge in [-0.15, -0.1) is 12.4 Å². The smallest absolute Gasteiger partial charge is 0.257 e. The van der Waals surface area contributed by atoms with Crippen molar-refractivity contribution in [3.8, 4) is 5.69 Å². The Morgan fingerprint density at radius 2 is 2.04 bits per heavy atom. The van der Waals surface area contributed by atoms with Crippen LogP contribution in [0.2, 0.25) is 0 Å². The van der Waals surface area contributed by atoms with Crippen LogP contribution in [-0.4, -0.2) is 39.7 Å². The number of likely N-dealkylation sites (tertiary alicyclic amines) is 1. The van der Waals surface area contributed by atoms with Crippen LogP contribution in [0, 0.1) is 6.92 Å². The molecule has 2 heterocycles. The zero-order valence-electron chi connectivity index (χ0n) is 13.3. The van der Waals surface area contributed by atoms with Gasteiger partial charge in [-0.1, -0.05) is 18.2 Å². The van der Waals surface area contributed by atoms with Gasteiger partial charge in [0, 0.05) is 19.1 Å². The Morgan fingerprint density at radius 1 is 1.30 bits per heavy atom. The van der Waals surface area contributed by atoms with Gasteiger partial charge < -0.3 is 10.6 Å². The number of amides is 1. The van der Waals surface area contributed by atoms with Gasteiger partial charge in [-0.3, -0.25) is 4.79 Å². The number of para-hydroxylation sites is 1. The Morgan fingerprint density at radius 3 is 2.74 bits per heavy atom. The molecule has 2 N–H and O–H groups in total. The van der Waals surface area contributed by atoms with E-state index in [1.165, 1.54) is 0 Å². The molecule has 124 valence electrons. The fourth-order valence-corrected chi connectivity index (χ4v) is 3.12. The van der Waals surface area contributed by atoms with Crippen molar-refractivity contribution in [3.05, 3.63) is 47.8 Å². The molecule has 0 radical (unpaired) electrons. The highest BCUT2D eigenvalue weighted by Gasteiger charge is 2.28. The maximum Gasteiger partial charge on any atom is 0.257 e. The first-order valence-corrected chi connectivity index (χ1v) is 7.83. The summed E-state index contributed by atoms with van der Waals surface area (Å²) in [6.45, 7) is 3.25. The van der Waals surface area contributed by atoms with E-state index in [0.717, 1.165) is 37.2 Å². The summed E-state index contributed by atoms with van der Waals surface area (Å²) in [5.41, 5.74) is 8.34. The van der Waals surface area contributed by atoms with E-state index in [0.29, 0.717) is 12.1 Å². The third-order valence-corrected chi connectivity index (χ3v) is 4.40. The summed E-state index contributed by atoms with van der Waals surface area (Å²) in [4.78, 5) is 14.8. The van der Waals surface area contributed by atoms with Crippen LogP contribution in [-0.2, 0) is 0 Å². The van der Waals surface area contributed by atoms with Gasteiger partial charge in [-0.25, -0.2) is 4.68 Å². The van der Waals surface area contributed by atoms with Crippen LogP contribution in [0.3, 0.4) is 0 Å². The van der Waals surface area contributed by atoms with E-state index in [2.05, 4.69) is 5.10 Å². The first-order chi connectivity index (χ1) is 10.7. The molecule has 1 aliphatic heterocycles. The van der Waals surface area contributed by atoms with Gasteiger partial charge in [-0.05, 0) is 38.3 Å². The molecular weight excluding hydrogens is 312 g/mol. The Labute approximate surface area is 142 Å². The number of piperidine rings is 1. The van der Waals surface area contributed by atoms with Crippen LogP contribution in [0.15, 0.2) is 36.5 Å². The van der Waals surface area contributed by atoms with Crippen LogP contribution < -0.4 is 5.73 Å². The lowest BCUT2D eigenvalue weighted by atomic mass is 10.0. The molecule has 1 saturated heterocycles. The van der Waals surface area contributed by atoms with Gasteiger partial charge in [0.05, 0.1) is 23.1 Å². The van der Waals surface area contributed by atoms with Crippen molar-refractivity contribution in [2.75, 3.05) is 13.1 Å². The summed E-state index contributed by atoms with van der Waals surface area (Å²) in [7, 11) is 0. The molecule has 0 bridgehead atoms. The van der Waals surface area contributed by atoms with Crippen molar-refractivity contribution in [2.45, 2.75) is 32.2 Å². The van der Waals surface area contributed by atoms with E-state index in [1.807, 2.05) is 46.8 Å². The van der Waals surface area contributed by atoms with E-state index in [4.69, 9.17) is 5.73 Å². The zero-order chi connectivity index (χ0) is 15.5.